The summed E-state index contributed by atoms with van der Waals surface area (Å²) in [6.07, 6.45) is 3.06. The number of hydrogen-bond donors (Lipinski definition) is 2. The number of piperidine rings is 1. The molecule has 1 aliphatic heterocycles. The Labute approximate surface area is 127 Å². The number of nitrogens with one attached hydrogen (secondary N) is 1. The van der Waals surface area contributed by atoms with Crippen LogP contribution in [0.1, 0.15) is 30.4 Å². The van der Waals surface area contributed by atoms with E-state index < -0.39 is 0 Å². The Balaban J connectivity index is 1.59. The summed E-state index contributed by atoms with van der Waals surface area (Å²) in [6, 6.07) is 8.07. The lowest BCUT2D eigenvalue weighted by atomic mass is 10.1. The minimum Gasteiger partial charge on any atom is -0.393 e. The molecule has 2 rings (SSSR count). The molecule has 1 heterocycles. The van der Waals surface area contributed by atoms with Crippen LogP contribution in [-0.4, -0.2) is 48.2 Å². The van der Waals surface area contributed by atoms with Crippen LogP contribution in [0.4, 0.5) is 0 Å². The lowest BCUT2D eigenvalue weighted by molar-refractivity contribution is -0.120. The van der Waals surface area contributed by atoms with Crippen molar-refractivity contribution in [3.8, 4) is 0 Å². The first kappa shape index (κ1) is 16.0. The van der Waals surface area contributed by atoms with Crippen LogP contribution in [0.25, 0.3) is 0 Å². The maximum atomic E-state index is 11.9. The van der Waals surface area contributed by atoms with Gasteiger partial charge in [-0.05, 0) is 38.3 Å². The quantitative estimate of drug-likeness (QED) is 0.781. The van der Waals surface area contributed by atoms with Gasteiger partial charge >= 0.3 is 0 Å². The predicted octanol–water partition coefficient (Wildman–Crippen LogP) is 1.50. The number of benzene rings is 1. The normalized spacial score (nSPS) is 16.9. The summed E-state index contributed by atoms with van der Waals surface area (Å²) in [5.41, 5.74) is 2.25. The summed E-state index contributed by atoms with van der Waals surface area (Å²) in [5.74, 6) is 0.0923. The van der Waals surface area contributed by atoms with E-state index in [4.69, 9.17) is 0 Å². The van der Waals surface area contributed by atoms with Crippen LogP contribution in [0.2, 0.25) is 0 Å². The predicted molar refractivity (Wildman–Crippen MR) is 84.2 cm³/mol. The number of aryl methyl sites for hydroxylation is 1. The van der Waals surface area contributed by atoms with E-state index in [1.807, 2.05) is 25.1 Å². The van der Waals surface area contributed by atoms with Crippen molar-refractivity contribution in [1.82, 2.24) is 10.2 Å². The van der Waals surface area contributed by atoms with Crippen molar-refractivity contribution in [2.45, 2.75) is 38.7 Å². The summed E-state index contributed by atoms with van der Waals surface area (Å²) in [4.78, 5) is 14.2. The molecule has 0 aromatic heterocycles. The molecular formula is C17H26N2O2. The number of nitrogens with zero attached hydrogens (tertiary/aromatic N) is 1. The van der Waals surface area contributed by atoms with Gasteiger partial charge in [0.25, 0.3) is 0 Å². The highest BCUT2D eigenvalue weighted by Crippen LogP contribution is 2.09. The molecule has 4 heteroatoms. The van der Waals surface area contributed by atoms with Gasteiger partial charge in [-0.2, -0.15) is 0 Å². The van der Waals surface area contributed by atoms with E-state index in [1.165, 1.54) is 5.56 Å². The first-order valence-electron chi connectivity index (χ1n) is 7.86. The average Bonchev–Trinajstić information content (AvgIpc) is 2.45. The second-order valence-corrected chi connectivity index (χ2v) is 5.94. The van der Waals surface area contributed by atoms with E-state index >= 15 is 0 Å². The highest BCUT2D eigenvalue weighted by Gasteiger charge is 2.16. The van der Waals surface area contributed by atoms with Gasteiger partial charge in [-0.15, -0.1) is 0 Å². The third-order valence-corrected chi connectivity index (χ3v) is 3.98. The Morgan fingerprint density at radius 3 is 2.86 bits per heavy atom. The van der Waals surface area contributed by atoms with Crippen molar-refractivity contribution in [2.75, 3.05) is 26.2 Å². The molecule has 1 aliphatic rings. The second kappa shape index (κ2) is 8.15. The Hall–Kier alpha value is -1.39. The van der Waals surface area contributed by atoms with Crippen molar-refractivity contribution in [3.05, 3.63) is 35.4 Å². The average molecular weight is 290 g/mol. The van der Waals surface area contributed by atoms with E-state index in [0.717, 1.165) is 51.0 Å². The van der Waals surface area contributed by atoms with E-state index in [9.17, 15) is 9.90 Å². The third-order valence-electron chi connectivity index (χ3n) is 3.98. The first-order valence-corrected chi connectivity index (χ1v) is 7.86. The Morgan fingerprint density at radius 2 is 2.14 bits per heavy atom. The van der Waals surface area contributed by atoms with Gasteiger partial charge in [-0.3, -0.25) is 4.79 Å². The fourth-order valence-corrected chi connectivity index (χ4v) is 2.74. The Kier molecular flexibility index (Phi) is 6.21. The number of aliphatic hydroxyl groups excluding tert-OH is 1. The van der Waals surface area contributed by atoms with Crippen LogP contribution in [0, 0.1) is 6.92 Å². The minimum absolute atomic E-state index is 0.0923. The monoisotopic (exact) mass is 290 g/mol. The van der Waals surface area contributed by atoms with Crippen LogP contribution in [0.15, 0.2) is 24.3 Å². The zero-order valence-corrected chi connectivity index (χ0v) is 12.8. The van der Waals surface area contributed by atoms with Gasteiger partial charge in [0.05, 0.1) is 12.5 Å². The highest BCUT2D eigenvalue weighted by molar-refractivity contribution is 5.78. The summed E-state index contributed by atoms with van der Waals surface area (Å²) in [6.45, 7) is 5.70. The van der Waals surface area contributed by atoms with Gasteiger partial charge in [-0.1, -0.05) is 29.8 Å². The minimum atomic E-state index is -0.115. The maximum absolute atomic E-state index is 11.9. The van der Waals surface area contributed by atoms with E-state index in [-0.39, 0.29) is 12.0 Å². The summed E-state index contributed by atoms with van der Waals surface area (Å²) in [7, 11) is 0. The molecule has 0 saturated carbocycles. The molecule has 4 nitrogen and oxygen atoms in total. The highest BCUT2D eigenvalue weighted by atomic mass is 16.3. The molecule has 0 unspecified atom stereocenters. The van der Waals surface area contributed by atoms with Gasteiger partial charge in [0, 0.05) is 19.6 Å². The lowest BCUT2D eigenvalue weighted by Gasteiger charge is -2.29. The van der Waals surface area contributed by atoms with Gasteiger partial charge in [0.1, 0.15) is 0 Å². The van der Waals surface area contributed by atoms with Gasteiger partial charge < -0.3 is 15.3 Å². The zero-order valence-electron chi connectivity index (χ0n) is 12.8. The van der Waals surface area contributed by atoms with Crippen LogP contribution >= 0.6 is 0 Å². The van der Waals surface area contributed by atoms with Crippen molar-refractivity contribution >= 4 is 5.91 Å². The molecule has 0 aliphatic carbocycles. The molecule has 0 bridgehead atoms. The third kappa shape index (κ3) is 5.86. The molecule has 0 radical (unpaired) electrons. The molecule has 1 aromatic carbocycles. The summed E-state index contributed by atoms with van der Waals surface area (Å²) >= 11 is 0. The number of carbonyl (C=O) groups excluding carboxylic acids is 1. The second-order valence-electron chi connectivity index (χ2n) is 5.94. The molecule has 116 valence electrons. The smallest absolute Gasteiger partial charge is 0.224 e. The Bertz CT molecular complexity index is 454. The van der Waals surface area contributed by atoms with Crippen LogP contribution in [0.5, 0.6) is 0 Å². The summed E-state index contributed by atoms with van der Waals surface area (Å²) < 4.78 is 0. The van der Waals surface area contributed by atoms with E-state index in [0.29, 0.717) is 6.42 Å². The molecule has 1 aromatic rings. The van der Waals surface area contributed by atoms with Gasteiger partial charge in [-0.25, -0.2) is 0 Å². The molecule has 21 heavy (non-hydrogen) atoms. The maximum Gasteiger partial charge on any atom is 0.224 e. The van der Waals surface area contributed by atoms with Crippen molar-refractivity contribution in [1.29, 1.82) is 0 Å². The Morgan fingerprint density at radius 1 is 1.38 bits per heavy atom. The zero-order chi connectivity index (χ0) is 15.1. The molecule has 0 atom stereocenters. The fourth-order valence-electron chi connectivity index (χ4n) is 2.74. The molecule has 1 amide bonds. The van der Waals surface area contributed by atoms with Crippen LogP contribution in [0.3, 0.4) is 0 Å². The molecule has 1 fully saturated rings. The number of aliphatic hydroxyl groups is 1. The largest absolute Gasteiger partial charge is 0.393 e. The van der Waals surface area contributed by atoms with Crippen LogP contribution in [-0.2, 0) is 11.2 Å². The van der Waals surface area contributed by atoms with E-state index in [2.05, 4.69) is 16.3 Å². The number of amides is 1. The van der Waals surface area contributed by atoms with Gasteiger partial charge in [0.2, 0.25) is 5.91 Å². The number of carbonyl (C=O) groups is 1. The SMILES string of the molecule is Cc1cccc(CC(=O)NCCCN2CCC(O)CC2)c1. The molecular weight excluding hydrogens is 264 g/mol. The lowest BCUT2D eigenvalue weighted by Crippen LogP contribution is -2.37. The molecule has 1 saturated heterocycles. The van der Waals surface area contributed by atoms with Crippen molar-refractivity contribution < 1.29 is 9.90 Å². The number of hydrogen-bond acceptors (Lipinski definition) is 3. The fraction of sp³-hybridized carbons (Fsp3) is 0.588. The molecule has 0 spiro atoms. The van der Waals surface area contributed by atoms with E-state index in [1.54, 1.807) is 0 Å². The van der Waals surface area contributed by atoms with Crippen LogP contribution < -0.4 is 5.32 Å². The van der Waals surface area contributed by atoms with Crippen molar-refractivity contribution in [3.63, 3.8) is 0 Å². The summed E-state index contributed by atoms with van der Waals surface area (Å²) in [5, 5.41) is 12.4. The molecule has 2 N–H and O–H groups in total. The standard InChI is InChI=1S/C17H26N2O2/c1-14-4-2-5-15(12-14)13-17(21)18-8-3-9-19-10-6-16(20)7-11-19/h2,4-5,12,16,20H,3,6-11,13H2,1H3,(H,18,21). The van der Waals surface area contributed by atoms with Gasteiger partial charge in [0.15, 0.2) is 0 Å². The van der Waals surface area contributed by atoms with Crippen molar-refractivity contribution in [2.24, 2.45) is 0 Å². The topological polar surface area (TPSA) is 52.6 Å². The number of likely N-dealkylation sites (tertiary alicyclic amines) is 1. The number of rotatable bonds is 6. The first-order chi connectivity index (χ1) is 10.1.